The van der Waals surface area contributed by atoms with Gasteiger partial charge in [-0.2, -0.15) is 5.10 Å². The minimum Gasteiger partial charge on any atom is -0.354 e. The number of aromatic nitrogens is 2. The highest BCUT2D eigenvalue weighted by molar-refractivity contribution is 5.80. The minimum absolute atomic E-state index is 0.268. The number of guanidine groups is 1. The van der Waals surface area contributed by atoms with Gasteiger partial charge in [-0.1, -0.05) is 0 Å². The third-order valence-electron chi connectivity index (χ3n) is 5.35. The van der Waals surface area contributed by atoms with Crippen LogP contribution in [0.2, 0.25) is 0 Å². The highest BCUT2D eigenvalue weighted by Crippen LogP contribution is 2.29. The van der Waals surface area contributed by atoms with Gasteiger partial charge in [-0.05, 0) is 39.8 Å². The number of rotatable bonds is 6. The van der Waals surface area contributed by atoms with Crippen molar-refractivity contribution < 1.29 is 0 Å². The Morgan fingerprint density at radius 3 is 2.56 bits per heavy atom. The van der Waals surface area contributed by atoms with E-state index >= 15 is 0 Å². The summed E-state index contributed by atoms with van der Waals surface area (Å²) in [7, 11) is 8.01. The number of hydrogen-bond donors (Lipinski definition) is 2. The lowest BCUT2D eigenvalue weighted by Crippen LogP contribution is -2.50. The fourth-order valence-electron chi connectivity index (χ4n) is 3.64. The van der Waals surface area contributed by atoms with Crippen LogP contribution in [0, 0.1) is 0 Å². The summed E-state index contributed by atoms with van der Waals surface area (Å²) in [5.41, 5.74) is 1.22. The Morgan fingerprint density at radius 1 is 1.32 bits per heavy atom. The number of hydrogen-bond acceptors (Lipinski definition) is 4. The Morgan fingerprint density at radius 2 is 2.04 bits per heavy atom. The summed E-state index contributed by atoms with van der Waals surface area (Å²) in [4.78, 5) is 9.29. The van der Waals surface area contributed by atoms with Crippen molar-refractivity contribution in [2.75, 3.05) is 40.8 Å². The molecule has 0 radical (unpaired) electrons. The third-order valence-corrected chi connectivity index (χ3v) is 5.35. The first kappa shape index (κ1) is 18.2. The van der Waals surface area contributed by atoms with E-state index in [0.717, 1.165) is 18.5 Å². The second-order valence-electron chi connectivity index (χ2n) is 7.57. The molecular weight excluding hydrogens is 314 g/mol. The second-order valence-corrected chi connectivity index (χ2v) is 7.57. The van der Waals surface area contributed by atoms with Crippen molar-refractivity contribution in [3.05, 3.63) is 18.0 Å². The summed E-state index contributed by atoms with van der Waals surface area (Å²) in [5.74, 6) is 0.903. The van der Waals surface area contributed by atoms with Crippen LogP contribution in [0.5, 0.6) is 0 Å². The Labute approximate surface area is 151 Å². The number of nitrogens with zero attached hydrogens (tertiary/aromatic N) is 5. The number of aliphatic imine (C=N–C) groups is 1. The molecule has 0 spiro atoms. The molecule has 3 rings (SSSR count). The molecule has 0 bridgehead atoms. The molecule has 1 aromatic heterocycles. The fraction of sp³-hybridized carbons (Fsp3) is 0.778. The molecule has 1 atom stereocenters. The van der Waals surface area contributed by atoms with Crippen molar-refractivity contribution >= 4 is 5.96 Å². The van der Waals surface area contributed by atoms with Crippen LogP contribution in [-0.4, -0.2) is 78.4 Å². The molecule has 1 aliphatic heterocycles. The highest BCUT2D eigenvalue weighted by Gasteiger charge is 2.31. The monoisotopic (exact) mass is 347 g/mol. The van der Waals surface area contributed by atoms with Crippen LogP contribution in [0.15, 0.2) is 17.4 Å². The number of likely N-dealkylation sites (N-methyl/N-ethyl adjacent to an activating group) is 1. The fourth-order valence-corrected chi connectivity index (χ4v) is 3.64. The molecule has 2 aliphatic rings. The van der Waals surface area contributed by atoms with Gasteiger partial charge in [0.25, 0.3) is 0 Å². The molecule has 7 heteroatoms. The summed E-state index contributed by atoms with van der Waals surface area (Å²) >= 11 is 0. The number of nitrogens with one attached hydrogen (secondary N) is 2. The lowest BCUT2D eigenvalue weighted by atomic mass is 10.1. The zero-order chi connectivity index (χ0) is 17.8. The lowest BCUT2D eigenvalue weighted by Gasteiger charge is -2.33. The number of likely N-dealkylation sites (tertiary alicyclic amines) is 1. The van der Waals surface area contributed by atoms with Crippen LogP contribution < -0.4 is 10.6 Å². The van der Waals surface area contributed by atoms with Crippen molar-refractivity contribution in [1.82, 2.24) is 30.2 Å². The van der Waals surface area contributed by atoms with Crippen LogP contribution in [0.1, 0.15) is 37.3 Å². The topological polar surface area (TPSA) is 60.7 Å². The molecule has 2 heterocycles. The van der Waals surface area contributed by atoms with Crippen LogP contribution in [0.25, 0.3) is 0 Å². The van der Waals surface area contributed by atoms with Crippen molar-refractivity contribution in [1.29, 1.82) is 0 Å². The normalized spacial score (nSPS) is 21.6. The molecule has 1 saturated carbocycles. The van der Waals surface area contributed by atoms with Crippen LogP contribution in [-0.2, 0) is 7.05 Å². The van der Waals surface area contributed by atoms with Gasteiger partial charge < -0.3 is 20.4 Å². The van der Waals surface area contributed by atoms with E-state index in [2.05, 4.69) is 50.8 Å². The summed E-state index contributed by atoms with van der Waals surface area (Å²) < 4.78 is 1.85. The molecule has 7 nitrogen and oxygen atoms in total. The van der Waals surface area contributed by atoms with E-state index in [1.807, 2.05) is 25.0 Å². The first-order chi connectivity index (χ1) is 12.1. The van der Waals surface area contributed by atoms with Gasteiger partial charge in [0.1, 0.15) is 0 Å². The van der Waals surface area contributed by atoms with Crippen molar-refractivity contribution in [3.8, 4) is 0 Å². The molecule has 1 unspecified atom stereocenters. The predicted molar refractivity (Wildman–Crippen MR) is 102 cm³/mol. The van der Waals surface area contributed by atoms with Gasteiger partial charge in [-0.15, -0.1) is 0 Å². The third kappa shape index (κ3) is 4.95. The highest BCUT2D eigenvalue weighted by atomic mass is 15.3. The summed E-state index contributed by atoms with van der Waals surface area (Å²) in [6.45, 7) is 3.24. The van der Waals surface area contributed by atoms with E-state index in [1.54, 1.807) is 0 Å². The second kappa shape index (κ2) is 8.19. The number of aryl methyl sites for hydroxylation is 1. The molecule has 2 fully saturated rings. The maximum absolute atomic E-state index is 4.42. The molecule has 1 aliphatic carbocycles. The van der Waals surface area contributed by atoms with E-state index in [-0.39, 0.29) is 6.04 Å². The molecule has 1 saturated heterocycles. The van der Waals surface area contributed by atoms with E-state index < -0.39 is 0 Å². The standard InChI is InChI=1S/C18H33N7/c1-19-18(22-15-7-9-25(10-8-15)16-5-6-16)20-12-17(23(2)3)14-11-21-24(4)13-14/h11,13,15-17H,5-10,12H2,1-4H3,(H2,19,20,22). The quantitative estimate of drug-likeness (QED) is 0.589. The van der Waals surface area contributed by atoms with E-state index in [9.17, 15) is 0 Å². The zero-order valence-electron chi connectivity index (χ0n) is 16.1. The van der Waals surface area contributed by atoms with Crippen molar-refractivity contribution in [3.63, 3.8) is 0 Å². The molecule has 0 amide bonds. The van der Waals surface area contributed by atoms with Crippen molar-refractivity contribution in [2.45, 2.75) is 43.8 Å². The maximum atomic E-state index is 4.42. The van der Waals surface area contributed by atoms with Gasteiger partial charge in [0.2, 0.25) is 0 Å². The summed E-state index contributed by atoms with van der Waals surface area (Å²) in [6, 6.07) is 1.68. The maximum Gasteiger partial charge on any atom is 0.191 e. The Hall–Kier alpha value is -1.60. The predicted octanol–water partition coefficient (Wildman–Crippen LogP) is 0.815. The molecule has 0 aromatic carbocycles. The largest absolute Gasteiger partial charge is 0.354 e. The smallest absolute Gasteiger partial charge is 0.191 e. The molecular formula is C18H33N7. The van der Waals surface area contributed by atoms with E-state index in [0.29, 0.717) is 6.04 Å². The minimum atomic E-state index is 0.268. The average Bonchev–Trinajstić information content (AvgIpc) is 3.36. The number of piperidine rings is 1. The Kier molecular flexibility index (Phi) is 5.96. The molecule has 1 aromatic rings. The lowest BCUT2D eigenvalue weighted by molar-refractivity contribution is 0.197. The molecule has 2 N–H and O–H groups in total. The van der Waals surface area contributed by atoms with Gasteiger partial charge in [0.05, 0.1) is 12.2 Å². The van der Waals surface area contributed by atoms with Crippen molar-refractivity contribution in [2.24, 2.45) is 12.0 Å². The van der Waals surface area contributed by atoms with Gasteiger partial charge >= 0.3 is 0 Å². The van der Waals surface area contributed by atoms with E-state index in [4.69, 9.17) is 0 Å². The van der Waals surface area contributed by atoms with Gasteiger partial charge in [0, 0.05) is 57.6 Å². The van der Waals surface area contributed by atoms with Crippen LogP contribution in [0.3, 0.4) is 0 Å². The SMILES string of the molecule is CN=C(NCC(c1cnn(C)c1)N(C)C)NC1CCN(C2CC2)CC1. The van der Waals surface area contributed by atoms with Gasteiger partial charge in [0.15, 0.2) is 5.96 Å². The van der Waals surface area contributed by atoms with Crippen LogP contribution in [0.4, 0.5) is 0 Å². The summed E-state index contributed by atoms with van der Waals surface area (Å²) in [5, 5.41) is 11.4. The first-order valence-corrected chi connectivity index (χ1v) is 9.43. The summed E-state index contributed by atoms with van der Waals surface area (Å²) in [6.07, 6.45) is 9.24. The Bertz CT molecular complexity index is 568. The Balaban J connectivity index is 1.48. The molecule has 25 heavy (non-hydrogen) atoms. The van der Waals surface area contributed by atoms with Gasteiger partial charge in [-0.3, -0.25) is 9.67 Å². The zero-order valence-corrected chi connectivity index (χ0v) is 16.1. The van der Waals surface area contributed by atoms with Gasteiger partial charge in [-0.25, -0.2) is 0 Å². The average molecular weight is 348 g/mol. The molecule has 140 valence electrons. The van der Waals surface area contributed by atoms with E-state index in [1.165, 1.54) is 44.3 Å². The van der Waals surface area contributed by atoms with Crippen LogP contribution >= 0.6 is 0 Å². The first-order valence-electron chi connectivity index (χ1n) is 9.43.